The molecule has 0 bridgehead atoms. The van der Waals surface area contributed by atoms with Crippen molar-refractivity contribution in [1.29, 1.82) is 0 Å². The van der Waals surface area contributed by atoms with E-state index in [0.717, 1.165) is 5.56 Å². The third kappa shape index (κ3) is 2.04. The zero-order chi connectivity index (χ0) is 12.4. The molecule has 2 nitrogen and oxygen atoms in total. The Morgan fingerprint density at radius 2 is 2.06 bits per heavy atom. The number of nitrogens with two attached hydrogens (primary N) is 1. The van der Waals surface area contributed by atoms with Crippen LogP contribution >= 0.6 is 0 Å². The van der Waals surface area contributed by atoms with E-state index in [1.165, 1.54) is 30.4 Å². The molecule has 0 amide bonds. The summed E-state index contributed by atoms with van der Waals surface area (Å²) < 4.78 is 0. The van der Waals surface area contributed by atoms with Gasteiger partial charge in [-0.05, 0) is 42.0 Å². The SMILES string of the molecule is NC(c1cccnc1)C1CCCc2ccccc21. The van der Waals surface area contributed by atoms with E-state index in [9.17, 15) is 0 Å². The summed E-state index contributed by atoms with van der Waals surface area (Å²) in [4.78, 5) is 4.18. The number of fused-ring (bicyclic) bond motifs is 1. The van der Waals surface area contributed by atoms with E-state index < -0.39 is 0 Å². The van der Waals surface area contributed by atoms with E-state index in [2.05, 4.69) is 35.3 Å². The molecule has 2 atom stereocenters. The van der Waals surface area contributed by atoms with Gasteiger partial charge in [0.25, 0.3) is 0 Å². The molecule has 1 aliphatic rings. The molecule has 18 heavy (non-hydrogen) atoms. The van der Waals surface area contributed by atoms with Crippen molar-refractivity contribution in [1.82, 2.24) is 4.98 Å². The third-order valence-electron chi connectivity index (χ3n) is 3.92. The highest BCUT2D eigenvalue weighted by atomic mass is 14.7. The largest absolute Gasteiger partial charge is 0.323 e. The Labute approximate surface area is 108 Å². The zero-order valence-corrected chi connectivity index (χ0v) is 10.4. The molecule has 0 spiro atoms. The summed E-state index contributed by atoms with van der Waals surface area (Å²) in [5.74, 6) is 0.430. The molecule has 1 aromatic carbocycles. The molecular formula is C16H18N2. The molecule has 1 aliphatic carbocycles. The lowest BCUT2D eigenvalue weighted by Gasteiger charge is -2.30. The molecule has 1 heterocycles. The molecule has 0 radical (unpaired) electrons. The standard InChI is InChI=1S/C16H18N2/c17-16(13-7-4-10-18-11-13)15-9-3-6-12-5-1-2-8-14(12)15/h1-2,4-5,7-8,10-11,15-16H,3,6,9,17H2. The Morgan fingerprint density at radius 1 is 1.17 bits per heavy atom. The fourth-order valence-corrected chi connectivity index (χ4v) is 2.97. The summed E-state index contributed by atoms with van der Waals surface area (Å²) in [7, 11) is 0. The number of aryl methyl sites for hydroxylation is 1. The van der Waals surface area contributed by atoms with Gasteiger partial charge in [-0.15, -0.1) is 0 Å². The molecule has 0 saturated heterocycles. The first-order chi connectivity index (χ1) is 8.86. The minimum atomic E-state index is 0.0557. The fourth-order valence-electron chi connectivity index (χ4n) is 2.97. The average molecular weight is 238 g/mol. The Hall–Kier alpha value is -1.67. The van der Waals surface area contributed by atoms with Crippen LogP contribution in [0.25, 0.3) is 0 Å². The minimum Gasteiger partial charge on any atom is -0.323 e. The molecule has 2 unspecified atom stereocenters. The van der Waals surface area contributed by atoms with Crippen LogP contribution in [-0.4, -0.2) is 4.98 Å². The van der Waals surface area contributed by atoms with Gasteiger partial charge in [0.2, 0.25) is 0 Å². The molecule has 92 valence electrons. The van der Waals surface area contributed by atoms with Gasteiger partial charge in [0, 0.05) is 24.4 Å². The number of aromatic nitrogens is 1. The summed E-state index contributed by atoms with van der Waals surface area (Å²) >= 11 is 0. The first-order valence-electron chi connectivity index (χ1n) is 6.59. The molecule has 0 saturated carbocycles. The van der Waals surface area contributed by atoms with Crippen LogP contribution in [0.1, 0.15) is 41.5 Å². The fraction of sp³-hybridized carbons (Fsp3) is 0.312. The summed E-state index contributed by atoms with van der Waals surface area (Å²) in [6, 6.07) is 12.8. The van der Waals surface area contributed by atoms with Gasteiger partial charge in [0.15, 0.2) is 0 Å². The summed E-state index contributed by atoms with van der Waals surface area (Å²) in [6.07, 6.45) is 7.28. The topological polar surface area (TPSA) is 38.9 Å². The molecule has 2 N–H and O–H groups in total. The number of nitrogens with zero attached hydrogens (tertiary/aromatic N) is 1. The average Bonchev–Trinajstić information content (AvgIpc) is 2.47. The second-order valence-corrected chi connectivity index (χ2v) is 5.01. The Morgan fingerprint density at radius 3 is 2.89 bits per heavy atom. The van der Waals surface area contributed by atoms with Crippen LogP contribution in [0.3, 0.4) is 0 Å². The number of rotatable bonds is 2. The van der Waals surface area contributed by atoms with Crippen molar-refractivity contribution in [3.8, 4) is 0 Å². The number of benzene rings is 1. The lowest BCUT2D eigenvalue weighted by atomic mass is 9.77. The van der Waals surface area contributed by atoms with Crippen LogP contribution in [0, 0.1) is 0 Å². The molecule has 0 fully saturated rings. The molecule has 0 aliphatic heterocycles. The van der Waals surface area contributed by atoms with Gasteiger partial charge < -0.3 is 5.73 Å². The summed E-state index contributed by atoms with van der Waals surface area (Å²) in [6.45, 7) is 0. The van der Waals surface area contributed by atoms with E-state index in [1.54, 1.807) is 6.20 Å². The predicted molar refractivity (Wildman–Crippen MR) is 73.3 cm³/mol. The molecule has 2 heteroatoms. The quantitative estimate of drug-likeness (QED) is 0.872. The van der Waals surface area contributed by atoms with Crippen molar-refractivity contribution in [3.05, 3.63) is 65.5 Å². The lowest BCUT2D eigenvalue weighted by molar-refractivity contribution is 0.474. The van der Waals surface area contributed by atoms with Crippen molar-refractivity contribution >= 4 is 0 Å². The highest BCUT2D eigenvalue weighted by molar-refractivity contribution is 5.35. The van der Waals surface area contributed by atoms with E-state index in [1.807, 2.05) is 12.3 Å². The van der Waals surface area contributed by atoms with Crippen LogP contribution in [-0.2, 0) is 6.42 Å². The molecule has 3 rings (SSSR count). The third-order valence-corrected chi connectivity index (χ3v) is 3.92. The smallest absolute Gasteiger partial charge is 0.0379 e. The molecule has 2 aromatic rings. The maximum Gasteiger partial charge on any atom is 0.0379 e. The van der Waals surface area contributed by atoms with Crippen LogP contribution in [0.2, 0.25) is 0 Å². The number of hydrogen-bond donors (Lipinski definition) is 1. The van der Waals surface area contributed by atoms with Crippen LogP contribution < -0.4 is 5.73 Å². The van der Waals surface area contributed by atoms with E-state index in [0.29, 0.717) is 5.92 Å². The van der Waals surface area contributed by atoms with E-state index in [-0.39, 0.29) is 6.04 Å². The van der Waals surface area contributed by atoms with Crippen molar-refractivity contribution < 1.29 is 0 Å². The monoisotopic (exact) mass is 238 g/mol. The first-order valence-corrected chi connectivity index (χ1v) is 6.59. The number of hydrogen-bond acceptors (Lipinski definition) is 2. The van der Waals surface area contributed by atoms with E-state index in [4.69, 9.17) is 5.73 Å². The van der Waals surface area contributed by atoms with Crippen molar-refractivity contribution in [2.75, 3.05) is 0 Å². The van der Waals surface area contributed by atoms with Crippen molar-refractivity contribution in [2.45, 2.75) is 31.2 Å². The van der Waals surface area contributed by atoms with Crippen LogP contribution in [0.5, 0.6) is 0 Å². The first kappa shape index (κ1) is 11.4. The summed E-state index contributed by atoms with van der Waals surface area (Å²) in [5.41, 5.74) is 10.5. The lowest BCUT2D eigenvalue weighted by Crippen LogP contribution is -2.23. The number of pyridine rings is 1. The van der Waals surface area contributed by atoms with Gasteiger partial charge in [0.05, 0.1) is 0 Å². The zero-order valence-electron chi connectivity index (χ0n) is 10.4. The normalized spacial score (nSPS) is 20.2. The predicted octanol–water partition coefficient (Wildman–Crippen LogP) is 3.20. The second-order valence-electron chi connectivity index (χ2n) is 5.01. The highest BCUT2D eigenvalue weighted by Gasteiger charge is 2.26. The maximum atomic E-state index is 6.44. The molecular weight excluding hydrogens is 220 g/mol. The van der Waals surface area contributed by atoms with Crippen molar-refractivity contribution in [2.24, 2.45) is 5.73 Å². The van der Waals surface area contributed by atoms with Crippen LogP contribution in [0.15, 0.2) is 48.8 Å². The van der Waals surface area contributed by atoms with Crippen molar-refractivity contribution in [3.63, 3.8) is 0 Å². The minimum absolute atomic E-state index is 0.0557. The second kappa shape index (κ2) is 4.91. The van der Waals surface area contributed by atoms with Gasteiger partial charge >= 0.3 is 0 Å². The highest BCUT2D eigenvalue weighted by Crippen LogP contribution is 2.38. The van der Waals surface area contributed by atoms with Gasteiger partial charge in [-0.2, -0.15) is 0 Å². The Kier molecular flexibility index (Phi) is 3.11. The molecule has 1 aromatic heterocycles. The Balaban J connectivity index is 1.94. The van der Waals surface area contributed by atoms with Gasteiger partial charge in [0.1, 0.15) is 0 Å². The van der Waals surface area contributed by atoms with E-state index >= 15 is 0 Å². The Bertz CT molecular complexity index is 522. The van der Waals surface area contributed by atoms with Crippen LogP contribution in [0.4, 0.5) is 0 Å². The summed E-state index contributed by atoms with van der Waals surface area (Å²) in [5, 5.41) is 0. The van der Waals surface area contributed by atoms with Gasteiger partial charge in [-0.3, -0.25) is 4.98 Å². The van der Waals surface area contributed by atoms with Gasteiger partial charge in [-0.25, -0.2) is 0 Å². The van der Waals surface area contributed by atoms with Gasteiger partial charge in [-0.1, -0.05) is 30.3 Å². The maximum absolute atomic E-state index is 6.44.